The monoisotopic (exact) mass is 391 g/mol. The highest BCUT2D eigenvalue weighted by molar-refractivity contribution is 7.18. The number of carbonyl (C=O) groups excluding carboxylic acids is 1. The summed E-state index contributed by atoms with van der Waals surface area (Å²) in [4.78, 5) is 12.4. The predicted octanol–water partition coefficient (Wildman–Crippen LogP) is 4.79. The lowest BCUT2D eigenvalue weighted by Crippen LogP contribution is -2.32. The van der Waals surface area contributed by atoms with Gasteiger partial charge >= 0.3 is 0 Å². The molecule has 1 amide bonds. The number of carbonyl (C=O) groups is 1. The maximum atomic E-state index is 13.0. The van der Waals surface area contributed by atoms with Gasteiger partial charge in [0.2, 0.25) is 5.13 Å². The van der Waals surface area contributed by atoms with E-state index in [4.69, 9.17) is 16.3 Å². The minimum Gasteiger partial charge on any atom is -0.481 e. The molecule has 0 aliphatic heterocycles. The molecule has 3 aromatic rings. The van der Waals surface area contributed by atoms with Gasteiger partial charge in [-0.05, 0) is 42.8 Å². The Labute approximate surface area is 158 Å². The Kier molecular flexibility index (Phi) is 5.80. The van der Waals surface area contributed by atoms with Crippen LogP contribution in [0, 0.1) is 5.82 Å². The summed E-state index contributed by atoms with van der Waals surface area (Å²) in [5, 5.41) is 12.5. The molecule has 0 saturated carbocycles. The van der Waals surface area contributed by atoms with Crippen LogP contribution >= 0.6 is 22.9 Å². The van der Waals surface area contributed by atoms with Gasteiger partial charge in [0.05, 0.1) is 0 Å². The van der Waals surface area contributed by atoms with Crippen molar-refractivity contribution in [3.05, 3.63) is 59.4 Å². The van der Waals surface area contributed by atoms with Crippen molar-refractivity contribution in [2.24, 2.45) is 0 Å². The molecule has 1 N–H and O–H groups in total. The third-order valence-electron chi connectivity index (χ3n) is 3.50. The van der Waals surface area contributed by atoms with Crippen molar-refractivity contribution in [2.45, 2.75) is 19.4 Å². The first-order chi connectivity index (χ1) is 12.5. The minimum atomic E-state index is -0.719. The Bertz CT molecular complexity index is 884. The van der Waals surface area contributed by atoms with Gasteiger partial charge < -0.3 is 4.74 Å². The van der Waals surface area contributed by atoms with Gasteiger partial charge in [0, 0.05) is 10.6 Å². The van der Waals surface area contributed by atoms with E-state index in [1.807, 2.05) is 19.1 Å². The summed E-state index contributed by atoms with van der Waals surface area (Å²) in [7, 11) is 0. The zero-order chi connectivity index (χ0) is 18.5. The highest BCUT2D eigenvalue weighted by Crippen LogP contribution is 2.27. The number of nitrogens with zero attached hydrogens (tertiary/aromatic N) is 2. The largest absolute Gasteiger partial charge is 0.481 e. The Balaban J connectivity index is 1.66. The van der Waals surface area contributed by atoms with Gasteiger partial charge in [-0.25, -0.2) is 4.39 Å². The summed E-state index contributed by atoms with van der Waals surface area (Å²) in [6, 6.07) is 12.7. The van der Waals surface area contributed by atoms with E-state index in [0.29, 0.717) is 27.3 Å². The van der Waals surface area contributed by atoms with E-state index in [9.17, 15) is 9.18 Å². The van der Waals surface area contributed by atoms with Gasteiger partial charge in [0.1, 0.15) is 16.6 Å². The molecule has 1 atom stereocenters. The van der Waals surface area contributed by atoms with Gasteiger partial charge in [0.25, 0.3) is 5.91 Å². The van der Waals surface area contributed by atoms with Crippen LogP contribution in [-0.2, 0) is 4.79 Å². The first-order valence-corrected chi connectivity index (χ1v) is 9.07. The molecular weight excluding hydrogens is 377 g/mol. The van der Waals surface area contributed by atoms with E-state index < -0.39 is 6.10 Å². The molecule has 8 heteroatoms. The van der Waals surface area contributed by atoms with Crippen molar-refractivity contribution in [3.8, 4) is 16.3 Å². The molecule has 134 valence electrons. The maximum absolute atomic E-state index is 13.0. The number of rotatable bonds is 6. The summed E-state index contributed by atoms with van der Waals surface area (Å²) in [6.45, 7) is 1.83. The van der Waals surface area contributed by atoms with Gasteiger partial charge in [-0.3, -0.25) is 10.1 Å². The van der Waals surface area contributed by atoms with Crippen molar-refractivity contribution >= 4 is 34.0 Å². The van der Waals surface area contributed by atoms with Gasteiger partial charge in [-0.2, -0.15) is 0 Å². The Hall–Kier alpha value is -2.51. The zero-order valence-corrected chi connectivity index (χ0v) is 15.4. The molecular formula is C18H15ClFN3O2S. The van der Waals surface area contributed by atoms with E-state index in [1.165, 1.54) is 35.6 Å². The number of hydrogen-bond donors (Lipinski definition) is 1. The lowest BCUT2D eigenvalue weighted by molar-refractivity contribution is -0.122. The van der Waals surface area contributed by atoms with Crippen LogP contribution in [0.4, 0.5) is 9.52 Å². The molecule has 5 nitrogen and oxygen atoms in total. The third-order valence-corrected chi connectivity index (χ3v) is 4.64. The first-order valence-electron chi connectivity index (χ1n) is 7.87. The highest BCUT2D eigenvalue weighted by Gasteiger charge is 2.20. The van der Waals surface area contributed by atoms with Gasteiger partial charge in [-0.1, -0.05) is 42.0 Å². The zero-order valence-electron chi connectivity index (χ0n) is 13.8. The van der Waals surface area contributed by atoms with Crippen LogP contribution in [0.3, 0.4) is 0 Å². The SMILES string of the molecule is CCC(Oc1ccc(F)cc1)C(=O)Nc1nnc(-c2ccc(Cl)cc2)s1. The molecule has 0 saturated heterocycles. The Morgan fingerprint density at radius 2 is 1.88 bits per heavy atom. The maximum Gasteiger partial charge on any atom is 0.267 e. The molecule has 26 heavy (non-hydrogen) atoms. The fraction of sp³-hybridized carbons (Fsp3) is 0.167. The Morgan fingerprint density at radius 1 is 1.19 bits per heavy atom. The number of anilines is 1. The number of amides is 1. The first kappa shape index (κ1) is 18.3. The number of ether oxygens (including phenoxy) is 1. The molecule has 2 aromatic carbocycles. The third kappa shape index (κ3) is 4.56. The summed E-state index contributed by atoms with van der Waals surface area (Å²) in [6.07, 6.45) is -0.269. The van der Waals surface area contributed by atoms with Crippen LogP contribution in [0.25, 0.3) is 10.6 Å². The molecule has 0 fully saturated rings. The van der Waals surface area contributed by atoms with Gasteiger partial charge in [-0.15, -0.1) is 10.2 Å². The van der Waals surface area contributed by atoms with Crippen LogP contribution in [-0.4, -0.2) is 22.2 Å². The fourth-order valence-corrected chi connectivity index (χ4v) is 3.05. The van der Waals surface area contributed by atoms with E-state index in [0.717, 1.165) is 5.56 Å². The Morgan fingerprint density at radius 3 is 2.54 bits per heavy atom. The molecule has 1 aromatic heterocycles. The average Bonchev–Trinajstić information content (AvgIpc) is 3.10. The molecule has 0 bridgehead atoms. The quantitative estimate of drug-likeness (QED) is 0.655. The van der Waals surface area contributed by atoms with Crippen LogP contribution in [0.15, 0.2) is 48.5 Å². The van der Waals surface area contributed by atoms with Crippen LogP contribution in [0.1, 0.15) is 13.3 Å². The second-order valence-corrected chi connectivity index (χ2v) is 6.79. The molecule has 1 unspecified atom stereocenters. The van der Waals surface area contributed by atoms with Crippen molar-refractivity contribution in [2.75, 3.05) is 5.32 Å². The molecule has 3 rings (SSSR count). The molecule has 0 spiro atoms. The summed E-state index contributed by atoms with van der Waals surface area (Å²) in [5.41, 5.74) is 0.863. The van der Waals surface area contributed by atoms with E-state index in [2.05, 4.69) is 15.5 Å². The van der Waals surface area contributed by atoms with Crippen LogP contribution in [0.2, 0.25) is 5.02 Å². The number of aromatic nitrogens is 2. The molecule has 0 aliphatic carbocycles. The smallest absolute Gasteiger partial charge is 0.267 e. The number of nitrogens with one attached hydrogen (secondary N) is 1. The highest BCUT2D eigenvalue weighted by atomic mass is 35.5. The normalized spacial score (nSPS) is 11.8. The van der Waals surface area contributed by atoms with E-state index in [-0.39, 0.29) is 11.7 Å². The molecule has 0 radical (unpaired) electrons. The summed E-state index contributed by atoms with van der Waals surface area (Å²) < 4.78 is 18.6. The topological polar surface area (TPSA) is 64.1 Å². The second-order valence-electron chi connectivity index (χ2n) is 5.38. The van der Waals surface area contributed by atoms with E-state index >= 15 is 0 Å². The number of halogens is 2. The van der Waals surface area contributed by atoms with Crippen molar-refractivity contribution in [3.63, 3.8) is 0 Å². The molecule has 1 heterocycles. The minimum absolute atomic E-state index is 0.337. The number of hydrogen-bond acceptors (Lipinski definition) is 5. The fourth-order valence-electron chi connectivity index (χ4n) is 2.17. The summed E-state index contributed by atoms with van der Waals surface area (Å²) >= 11 is 7.13. The van der Waals surface area contributed by atoms with Crippen LogP contribution in [0.5, 0.6) is 5.75 Å². The average molecular weight is 392 g/mol. The number of benzene rings is 2. The predicted molar refractivity (Wildman–Crippen MR) is 100 cm³/mol. The van der Waals surface area contributed by atoms with E-state index in [1.54, 1.807) is 12.1 Å². The van der Waals surface area contributed by atoms with Crippen molar-refractivity contribution in [1.29, 1.82) is 0 Å². The lowest BCUT2D eigenvalue weighted by atomic mass is 10.2. The summed E-state index contributed by atoms with van der Waals surface area (Å²) in [5.74, 6) is -0.276. The second kappa shape index (κ2) is 8.25. The van der Waals surface area contributed by atoms with Crippen molar-refractivity contribution in [1.82, 2.24) is 10.2 Å². The van der Waals surface area contributed by atoms with Crippen LogP contribution < -0.4 is 10.1 Å². The van der Waals surface area contributed by atoms with Gasteiger partial charge in [0.15, 0.2) is 6.10 Å². The molecule has 0 aliphatic rings. The lowest BCUT2D eigenvalue weighted by Gasteiger charge is -2.16. The van der Waals surface area contributed by atoms with Crippen molar-refractivity contribution < 1.29 is 13.9 Å². The standard InChI is InChI=1S/C18H15ClFN3O2S/c1-2-15(25-14-9-7-13(20)8-10-14)16(24)21-18-23-22-17(26-18)11-3-5-12(19)6-4-11/h3-10,15H,2H2,1H3,(H,21,23,24).